The average molecular weight is 575 g/mol. The summed E-state index contributed by atoms with van der Waals surface area (Å²) in [4.78, 5) is 30.9. The van der Waals surface area contributed by atoms with Crippen molar-refractivity contribution in [2.24, 2.45) is 10.2 Å². The van der Waals surface area contributed by atoms with E-state index >= 15 is 0 Å². The Labute approximate surface area is 235 Å². The zero-order valence-corrected chi connectivity index (χ0v) is 21.7. The molecule has 0 bridgehead atoms. The van der Waals surface area contributed by atoms with Crippen LogP contribution in [-0.2, 0) is 17.1 Å². The summed E-state index contributed by atoms with van der Waals surface area (Å²) in [5, 5.41) is 22.8. The smallest absolute Gasteiger partial charge is 1.00 e. The zero-order valence-electron chi connectivity index (χ0n) is 19.8. The largest absolute Gasteiger partial charge is 2.00 e. The number of hydrazone groups is 2. The Balaban J connectivity index is 0.000000361. The predicted molar refractivity (Wildman–Crippen MR) is 138 cm³/mol. The molecule has 0 spiro atoms. The molecule has 0 saturated carbocycles. The SMILES string of the molecule is O=C(N/N=C/c1ccccc1[OH2+])c1ccncc1.O=C(N/N=C/c1ccccc1[OH2+])c1ccncc1.[Cl-].[Mn+2]. The van der Waals surface area contributed by atoms with Crippen molar-refractivity contribution in [2.45, 2.75) is 0 Å². The molecule has 0 aliphatic carbocycles. The van der Waals surface area contributed by atoms with Gasteiger partial charge in [0.05, 0.1) is 23.6 Å². The first-order valence-corrected chi connectivity index (χ1v) is 10.6. The second kappa shape index (κ2) is 17.0. The summed E-state index contributed by atoms with van der Waals surface area (Å²) in [6.45, 7) is 0. The van der Waals surface area contributed by atoms with Crippen LogP contribution in [0.3, 0.4) is 0 Å². The number of nitrogens with one attached hydrogen (secondary N) is 2. The zero-order chi connectivity index (χ0) is 25.6. The normalized spacial score (nSPS) is 9.89. The molecular weight excluding hydrogens is 551 g/mol. The number of hydrogen-bond acceptors (Lipinski definition) is 6. The maximum atomic E-state index is 11.6. The Morgan fingerprint density at radius 2 is 0.974 bits per heavy atom. The topological polar surface area (TPSA) is 154 Å². The number of halogens is 1. The van der Waals surface area contributed by atoms with Gasteiger partial charge in [0.15, 0.2) is 0 Å². The maximum absolute atomic E-state index is 11.6. The molecule has 0 fully saturated rings. The molecule has 193 valence electrons. The van der Waals surface area contributed by atoms with E-state index in [0.29, 0.717) is 33.8 Å². The molecular formula is C26H24ClMnN6O4+3. The van der Waals surface area contributed by atoms with E-state index in [1.54, 1.807) is 60.7 Å². The van der Waals surface area contributed by atoms with Crippen molar-refractivity contribution in [2.75, 3.05) is 0 Å². The summed E-state index contributed by atoms with van der Waals surface area (Å²) in [5.41, 5.74) is 7.05. The minimum atomic E-state index is -0.309. The fourth-order valence-electron chi connectivity index (χ4n) is 2.68. The van der Waals surface area contributed by atoms with Gasteiger partial charge in [-0.2, -0.15) is 10.2 Å². The molecule has 2 heterocycles. The van der Waals surface area contributed by atoms with E-state index < -0.39 is 0 Å². The van der Waals surface area contributed by atoms with Crippen molar-refractivity contribution in [1.82, 2.24) is 20.8 Å². The van der Waals surface area contributed by atoms with Crippen molar-refractivity contribution in [3.8, 4) is 11.5 Å². The summed E-state index contributed by atoms with van der Waals surface area (Å²) in [6, 6.07) is 20.4. The van der Waals surface area contributed by atoms with Crippen molar-refractivity contribution in [3.63, 3.8) is 0 Å². The number of rotatable bonds is 6. The summed E-state index contributed by atoms with van der Waals surface area (Å²) in [7, 11) is 0. The first-order chi connectivity index (χ1) is 17.5. The third kappa shape index (κ3) is 10.2. The Bertz CT molecular complexity index is 1250. The van der Waals surface area contributed by atoms with Gasteiger partial charge in [-0.05, 0) is 36.4 Å². The summed E-state index contributed by atoms with van der Waals surface area (Å²) < 4.78 is 0. The van der Waals surface area contributed by atoms with Crippen LogP contribution in [0.15, 0.2) is 108 Å². The molecule has 12 heteroatoms. The average Bonchev–Trinajstić information content (AvgIpc) is 2.92. The van der Waals surface area contributed by atoms with Gasteiger partial charge in [0, 0.05) is 48.0 Å². The summed E-state index contributed by atoms with van der Waals surface area (Å²) in [6.07, 6.45) is 9.05. The van der Waals surface area contributed by atoms with Crippen molar-refractivity contribution >= 4 is 24.2 Å². The second-order valence-electron chi connectivity index (χ2n) is 7.04. The first kappa shape index (κ1) is 31.5. The number of hydrogen-bond donors (Lipinski definition) is 2. The van der Waals surface area contributed by atoms with E-state index in [1.807, 2.05) is 12.1 Å². The van der Waals surface area contributed by atoms with Crippen LogP contribution in [0.4, 0.5) is 0 Å². The van der Waals surface area contributed by atoms with Crippen LogP contribution in [0.2, 0.25) is 0 Å². The van der Waals surface area contributed by atoms with Gasteiger partial charge in [-0.1, -0.05) is 24.3 Å². The molecule has 2 aromatic heterocycles. The molecule has 4 aromatic rings. The number of amides is 2. The molecule has 2 aromatic carbocycles. The van der Waals surface area contributed by atoms with Gasteiger partial charge < -0.3 is 22.6 Å². The predicted octanol–water partition coefficient (Wildman–Crippen LogP) is -0.432. The van der Waals surface area contributed by atoms with Gasteiger partial charge in [0.2, 0.25) is 0 Å². The number of carbonyl (C=O) groups is 2. The third-order valence-corrected chi connectivity index (χ3v) is 4.55. The molecule has 6 N–H and O–H groups in total. The van der Waals surface area contributed by atoms with Crippen molar-refractivity contribution in [3.05, 3.63) is 120 Å². The second-order valence-corrected chi connectivity index (χ2v) is 7.04. The number of para-hydroxylation sites is 2. The number of benzene rings is 2. The van der Waals surface area contributed by atoms with Crippen molar-refractivity contribution in [1.29, 1.82) is 0 Å². The van der Waals surface area contributed by atoms with Gasteiger partial charge >= 0.3 is 17.1 Å². The Hall–Kier alpha value is -4.57. The minimum Gasteiger partial charge on any atom is -1.00 e. The minimum absolute atomic E-state index is 0. The maximum Gasteiger partial charge on any atom is 2.00 e. The quantitative estimate of drug-likeness (QED) is 0.139. The molecule has 0 atom stereocenters. The molecule has 0 aliphatic heterocycles. The Morgan fingerprint density at radius 1 is 0.632 bits per heavy atom. The number of nitrogens with zero attached hydrogens (tertiary/aromatic N) is 4. The summed E-state index contributed by atoms with van der Waals surface area (Å²) in [5.74, 6) is 0.103. The molecule has 10 nitrogen and oxygen atoms in total. The van der Waals surface area contributed by atoms with Crippen LogP contribution in [0, 0.1) is 0 Å². The fourth-order valence-corrected chi connectivity index (χ4v) is 2.68. The van der Waals surface area contributed by atoms with Crippen LogP contribution in [0.5, 0.6) is 11.5 Å². The van der Waals surface area contributed by atoms with Gasteiger partial charge in [0.1, 0.15) is 0 Å². The van der Waals surface area contributed by atoms with Crippen LogP contribution >= 0.6 is 0 Å². The monoisotopic (exact) mass is 574 g/mol. The van der Waals surface area contributed by atoms with Crippen LogP contribution < -0.4 is 23.3 Å². The molecule has 1 radical (unpaired) electrons. The van der Waals surface area contributed by atoms with E-state index in [1.165, 1.54) is 37.2 Å². The third-order valence-electron chi connectivity index (χ3n) is 4.55. The number of pyridine rings is 2. The van der Waals surface area contributed by atoms with E-state index in [9.17, 15) is 9.59 Å². The molecule has 0 aliphatic rings. The molecule has 0 saturated heterocycles. The van der Waals surface area contributed by atoms with E-state index in [0.717, 1.165) is 0 Å². The van der Waals surface area contributed by atoms with Gasteiger partial charge in [-0.25, -0.2) is 10.9 Å². The van der Waals surface area contributed by atoms with Gasteiger partial charge in [-0.3, -0.25) is 19.6 Å². The standard InChI is InChI=1S/2C13H11N3O2.ClH.Mn/c2*17-12-4-2-1-3-11(12)9-15-16-13(18)10-5-7-14-8-6-10;;/h2*1-9,17H,(H,16,18);1H;/q;;;+2/p+1/b2*15-9+;;. The van der Waals surface area contributed by atoms with Crippen LogP contribution in [0.25, 0.3) is 0 Å². The molecule has 2 amide bonds. The summed E-state index contributed by atoms with van der Waals surface area (Å²) >= 11 is 0. The van der Waals surface area contributed by atoms with Crippen LogP contribution in [-0.4, -0.2) is 44.4 Å². The van der Waals surface area contributed by atoms with Gasteiger partial charge in [0.25, 0.3) is 23.3 Å². The Kier molecular flexibility index (Phi) is 14.1. The van der Waals surface area contributed by atoms with E-state index in [-0.39, 0.29) is 41.3 Å². The molecule has 38 heavy (non-hydrogen) atoms. The fraction of sp³-hybridized carbons (Fsp3) is 0. The van der Waals surface area contributed by atoms with Gasteiger partial charge in [-0.15, -0.1) is 0 Å². The van der Waals surface area contributed by atoms with E-state index in [4.69, 9.17) is 10.2 Å². The van der Waals surface area contributed by atoms with E-state index in [2.05, 4.69) is 31.0 Å². The first-order valence-electron chi connectivity index (χ1n) is 10.6. The number of aromatic nitrogens is 2. The molecule has 0 unspecified atom stereocenters. The van der Waals surface area contributed by atoms with Crippen LogP contribution in [0.1, 0.15) is 31.8 Å². The Morgan fingerprint density at radius 3 is 1.32 bits per heavy atom. The number of carbonyl (C=O) groups excluding carboxylic acids is 2. The molecule has 4 rings (SSSR count). The van der Waals surface area contributed by atoms with Crippen molar-refractivity contribution < 1.29 is 49.3 Å².